The van der Waals surface area contributed by atoms with E-state index < -0.39 is 6.09 Å². The molecule has 0 aliphatic rings. The molecule has 0 amide bonds. The number of hydrogen-bond donors (Lipinski definition) is 0. The van der Waals surface area contributed by atoms with Crippen molar-refractivity contribution in [3.8, 4) is 0 Å². The van der Waals surface area contributed by atoms with Gasteiger partial charge in [-0.1, -0.05) is 12.1 Å². The molecule has 0 unspecified atom stereocenters. The molecule has 0 spiro atoms. The third kappa shape index (κ3) is 2.03. The molecule has 0 aliphatic heterocycles. The lowest BCUT2D eigenvalue weighted by molar-refractivity contribution is 0.144. The van der Waals surface area contributed by atoms with Crippen LogP contribution in [-0.2, 0) is 4.74 Å². The van der Waals surface area contributed by atoms with Gasteiger partial charge in [0.2, 0.25) is 0 Å². The number of carbonyl (C=O) groups is 1. The van der Waals surface area contributed by atoms with Crippen LogP contribution in [-0.4, -0.2) is 27.7 Å². The molecule has 0 aliphatic carbocycles. The molecule has 0 bridgehead atoms. The maximum Gasteiger partial charge on any atom is 0.436 e. The monoisotopic (exact) mass is 155 g/mol. The molecule has 1 rings (SSSR count). The van der Waals surface area contributed by atoms with Gasteiger partial charge in [0.1, 0.15) is 0 Å². The molecule has 11 heavy (non-hydrogen) atoms. The molecule has 0 atom stereocenters. The van der Waals surface area contributed by atoms with Crippen LogP contribution >= 0.6 is 0 Å². The summed E-state index contributed by atoms with van der Waals surface area (Å²) in [6.45, 7) is 2.34. The van der Waals surface area contributed by atoms with Crippen molar-refractivity contribution in [3.63, 3.8) is 0 Å². The second-order valence-electron chi connectivity index (χ2n) is 1.96. The fourth-order valence-electron chi connectivity index (χ4n) is 0.561. The van der Waals surface area contributed by atoms with E-state index in [1.54, 1.807) is 0 Å². The Morgan fingerprint density at radius 1 is 1.73 bits per heavy atom. The van der Waals surface area contributed by atoms with Gasteiger partial charge in [0.15, 0.2) is 0 Å². The van der Waals surface area contributed by atoms with Crippen molar-refractivity contribution in [1.82, 2.24) is 15.0 Å². The maximum absolute atomic E-state index is 10.9. The third-order valence-corrected chi connectivity index (χ3v) is 1.04. The minimum Gasteiger partial charge on any atom is -0.448 e. The fraction of sp³-hybridized carbons (Fsp3) is 0.500. The lowest BCUT2D eigenvalue weighted by Gasteiger charge is -1.99. The van der Waals surface area contributed by atoms with Gasteiger partial charge in [-0.2, -0.15) is 4.68 Å². The van der Waals surface area contributed by atoms with Crippen LogP contribution in [0.25, 0.3) is 0 Å². The van der Waals surface area contributed by atoms with Crippen molar-refractivity contribution in [1.29, 1.82) is 0 Å². The normalized spacial score (nSPS) is 9.55. The second kappa shape index (κ2) is 3.70. The Balaban J connectivity index is 2.43. The van der Waals surface area contributed by atoms with Crippen molar-refractivity contribution in [2.24, 2.45) is 0 Å². The Morgan fingerprint density at radius 2 is 2.55 bits per heavy atom. The average Bonchev–Trinajstić information content (AvgIpc) is 2.52. The van der Waals surface area contributed by atoms with E-state index in [-0.39, 0.29) is 0 Å². The van der Waals surface area contributed by atoms with E-state index in [0.29, 0.717) is 6.61 Å². The predicted octanol–water partition coefficient (Wildman–Crippen LogP) is 0.673. The van der Waals surface area contributed by atoms with Gasteiger partial charge in [-0.15, -0.1) is 5.10 Å². The van der Waals surface area contributed by atoms with Gasteiger partial charge < -0.3 is 4.74 Å². The summed E-state index contributed by atoms with van der Waals surface area (Å²) in [6, 6.07) is 0. The van der Waals surface area contributed by atoms with E-state index in [9.17, 15) is 4.79 Å². The summed E-state index contributed by atoms with van der Waals surface area (Å²) >= 11 is 0. The molecule has 1 heterocycles. The standard InChI is InChI=1S/C6H9N3O2/c1-2-5-11-6(10)9-4-3-7-8-9/h3-4H,2,5H2,1H3. The van der Waals surface area contributed by atoms with Gasteiger partial charge >= 0.3 is 6.09 Å². The molecule has 0 radical (unpaired) electrons. The van der Waals surface area contributed by atoms with Crippen LogP contribution in [0.3, 0.4) is 0 Å². The number of carbonyl (C=O) groups excluding carboxylic acids is 1. The SMILES string of the molecule is CCCOC(=O)n1ccnn1. The summed E-state index contributed by atoms with van der Waals surface area (Å²) in [6.07, 6.45) is 3.19. The van der Waals surface area contributed by atoms with Crippen LogP contribution in [0.1, 0.15) is 13.3 Å². The summed E-state index contributed by atoms with van der Waals surface area (Å²) in [7, 11) is 0. The molecule has 0 N–H and O–H groups in total. The first kappa shape index (κ1) is 7.71. The largest absolute Gasteiger partial charge is 0.448 e. The highest BCUT2D eigenvalue weighted by Gasteiger charge is 2.03. The highest BCUT2D eigenvalue weighted by Crippen LogP contribution is 1.87. The minimum atomic E-state index is -0.482. The summed E-state index contributed by atoms with van der Waals surface area (Å²) in [5, 5.41) is 6.92. The number of hydrogen-bond acceptors (Lipinski definition) is 4. The number of ether oxygens (including phenoxy) is 1. The van der Waals surface area contributed by atoms with Crippen molar-refractivity contribution in [2.75, 3.05) is 6.61 Å². The second-order valence-corrected chi connectivity index (χ2v) is 1.96. The Labute approximate surface area is 64.0 Å². The summed E-state index contributed by atoms with van der Waals surface area (Å²) in [5.41, 5.74) is 0. The van der Waals surface area contributed by atoms with Crippen molar-refractivity contribution >= 4 is 6.09 Å². The Hall–Kier alpha value is -1.39. The summed E-state index contributed by atoms with van der Waals surface area (Å²) in [5.74, 6) is 0. The molecule has 0 fully saturated rings. The zero-order valence-electron chi connectivity index (χ0n) is 6.23. The quantitative estimate of drug-likeness (QED) is 0.629. The van der Waals surface area contributed by atoms with E-state index in [1.807, 2.05) is 6.92 Å². The third-order valence-electron chi connectivity index (χ3n) is 1.04. The summed E-state index contributed by atoms with van der Waals surface area (Å²) in [4.78, 5) is 10.9. The van der Waals surface area contributed by atoms with Gasteiger partial charge in [0.05, 0.1) is 19.0 Å². The van der Waals surface area contributed by atoms with E-state index in [0.717, 1.165) is 11.1 Å². The molecule has 0 saturated carbocycles. The van der Waals surface area contributed by atoms with Gasteiger partial charge in [0.25, 0.3) is 0 Å². The van der Waals surface area contributed by atoms with Crippen LogP contribution in [0.4, 0.5) is 4.79 Å². The highest BCUT2D eigenvalue weighted by molar-refractivity contribution is 5.68. The summed E-state index contributed by atoms with van der Waals surface area (Å²) < 4.78 is 5.81. The molecule has 1 aromatic heterocycles. The van der Waals surface area contributed by atoms with Gasteiger partial charge in [0, 0.05) is 0 Å². The highest BCUT2D eigenvalue weighted by atomic mass is 16.6. The van der Waals surface area contributed by atoms with E-state index in [1.165, 1.54) is 12.4 Å². The maximum atomic E-state index is 10.9. The van der Waals surface area contributed by atoms with E-state index in [2.05, 4.69) is 10.3 Å². The lowest BCUT2D eigenvalue weighted by Crippen LogP contribution is -2.14. The zero-order valence-corrected chi connectivity index (χ0v) is 6.23. The smallest absolute Gasteiger partial charge is 0.436 e. The zero-order chi connectivity index (χ0) is 8.10. The van der Waals surface area contributed by atoms with Crippen LogP contribution < -0.4 is 0 Å². The Bertz CT molecular complexity index is 220. The van der Waals surface area contributed by atoms with E-state index in [4.69, 9.17) is 4.74 Å². The number of rotatable bonds is 2. The van der Waals surface area contributed by atoms with Gasteiger partial charge in [-0.05, 0) is 6.42 Å². The Morgan fingerprint density at radius 3 is 3.09 bits per heavy atom. The molecular formula is C6H9N3O2. The average molecular weight is 155 g/mol. The van der Waals surface area contributed by atoms with Crippen molar-refractivity contribution in [3.05, 3.63) is 12.4 Å². The number of nitrogens with zero attached hydrogens (tertiary/aromatic N) is 3. The molecule has 0 saturated heterocycles. The first-order chi connectivity index (χ1) is 5.34. The molecular weight excluding hydrogens is 146 g/mol. The van der Waals surface area contributed by atoms with Gasteiger partial charge in [-0.3, -0.25) is 0 Å². The minimum absolute atomic E-state index is 0.415. The fourth-order valence-corrected chi connectivity index (χ4v) is 0.561. The van der Waals surface area contributed by atoms with Crippen molar-refractivity contribution < 1.29 is 9.53 Å². The van der Waals surface area contributed by atoms with Crippen LogP contribution in [0, 0.1) is 0 Å². The van der Waals surface area contributed by atoms with Crippen molar-refractivity contribution in [2.45, 2.75) is 13.3 Å². The van der Waals surface area contributed by atoms with Crippen LogP contribution in [0.5, 0.6) is 0 Å². The van der Waals surface area contributed by atoms with Gasteiger partial charge in [-0.25, -0.2) is 4.79 Å². The molecule has 5 nitrogen and oxygen atoms in total. The molecule has 5 heteroatoms. The molecule has 0 aromatic carbocycles. The Kier molecular flexibility index (Phi) is 2.59. The number of aromatic nitrogens is 3. The first-order valence-electron chi connectivity index (χ1n) is 3.38. The molecule has 60 valence electrons. The van der Waals surface area contributed by atoms with Crippen LogP contribution in [0.15, 0.2) is 12.4 Å². The lowest BCUT2D eigenvalue weighted by atomic mass is 10.5. The predicted molar refractivity (Wildman–Crippen MR) is 37.1 cm³/mol. The van der Waals surface area contributed by atoms with E-state index >= 15 is 0 Å². The topological polar surface area (TPSA) is 57.0 Å². The molecule has 1 aromatic rings. The van der Waals surface area contributed by atoms with Crippen LogP contribution in [0.2, 0.25) is 0 Å². The first-order valence-corrected chi connectivity index (χ1v) is 3.38.